The maximum absolute atomic E-state index is 12.6. The lowest BCUT2D eigenvalue weighted by atomic mass is 9.90. The minimum atomic E-state index is -1.08. The number of benzene rings is 1. The number of rotatable bonds is 3. The molecule has 2 N–H and O–H groups in total. The van der Waals surface area contributed by atoms with Gasteiger partial charge in [0.15, 0.2) is 0 Å². The minimum Gasteiger partial charge on any atom is -0.512 e. The van der Waals surface area contributed by atoms with Crippen LogP contribution in [0.5, 0.6) is 0 Å². The summed E-state index contributed by atoms with van der Waals surface area (Å²) in [6.45, 7) is 6.44. The molecule has 3 nitrogen and oxygen atoms in total. The summed E-state index contributed by atoms with van der Waals surface area (Å²) in [6, 6.07) is 5.39. The summed E-state index contributed by atoms with van der Waals surface area (Å²) in [4.78, 5) is 11.7. The summed E-state index contributed by atoms with van der Waals surface area (Å²) in [7, 11) is 0. The van der Waals surface area contributed by atoms with Crippen LogP contribution < -0.4 is 5.32 Å². The highest BCUT2D eigenvalue weighted by Gasteiger charge is 2.31. The number of carbonyl (C=O) groups is 1. The van der Waals surface area contributed by atoms with E-state index in [1.165, 1.54) is 24.3 Å². The van der Waals surface area contributed by atoms with E-state index in [0.717, 1.165) is 0 Å². The highest BCUT2D eigenvalue weighted by Crippen LogP contribution is 2.24. The summed E-state index contributed by atoms with van der Waals surface area (Å²) in [5, 5.41) is 11.8. The van der Waals surface area contributed by atoms with Gasteiger partial charge in [0.1, 0.15) is 17.0 Å². The van der Waals surface area contributed by atoms with Crippen molar-refractivity contribution in [3.05, 3.63) is 42.4 Å². The lowest BCUT2D eigenvalue weighted by molar-refractivity contribution is -0.123. The van der Waals surface area contributed by atoms with E-state index in [-0.39, 0.29) is 11.6 Å². The first kappa shape index (κ1) is 12.2. The highest BCUT2D eigenvalue weighted by molar-refractivity contribution is 5.96. The van der Waals surface area contributed by atoms with Crippen LogP contribution in [0.2, 0.25) is 0 Å². The van der Waals surface area contributed by atoms with Crippen LogP contribution in [0.25, 0.3) is 0 Å². The van der Waals surface area contributed by atoms with Crippen molar-refractivity contribution in [2.45, 2.75) is 13.8 Å². The molecule has 0 bridgehead atoms. The predicted octanol–water partition coefficient (Wildman–Crippen LogP) is 2.86. The molecule has 86 valence electrons. The minimum absolute atomic E-state index is 0.216. The second-order valence-electron chi connectivity index (χ2n) is 4.03. The highest BCUT2D eigenvalue weighted by atomic mass is 19.1. The third-order valence-corrected chi connectivity index (χ3v) is 2.39. The van der Waals surface area contributed by atoms with Crippen molar-refractivity contribution in [1.29, 1.82) is 0 Å². The summed E-state index contributed by atoms with van der Waals surface area (Å²) in [6.07, 6.45) is 0. The Bertz CT molecular complexity index is 410. The molecule has 0 aromatic heterocycles. The lowest BCUT2D eigenvalue weighted by Crippen LogP contribution is -2.32. The molecule has 0 fully saturated rings. The van der Waals surface area contributed by atoms with E-state index < -0.39 is 11.3 Å². The molecule has 16 heavy (non-hydrogen) atoms. The molecule has 0 aliphatic carbocycles. The molecular formula is C12H14FNO2. The van der Waals surface area contributed by atoms with Crippen LogP contribution in [0.1, 0.15) is 13.8 Å². The molecule has 1 aromatic rings. The van der Waals surface area contributed by atoms with Gasteiger partial charge in [-0.1, -0.05) is 6.58 Å². The van der Waals surface area contributed by atoms with Crippen LogP contribution in [0.3, 0.4) is 0 Å². The molecule has 4 heteroatoms. The van der Waals surface area contributed by atoms with Gasteiger partial charge in [-0.25, -0.2) is 4.39 Å². The van der Waals surface area contributed by atoms with Crippen LogP contribution in [0.15, 0.2) is 36.6 Å². The third kappa shape index (κ3) is 2.59. The van der Waals surface area contributed by atoms with Gasteiger partial charge in [0.25, 0.3) is 0 Å². The van der Waals surface area contributed by atoms with Gasteiger partial charge in [-0.15, -0.1) is 0 Å². The Balaban J connectivity index is 2.79. The molecule has 1 amide bonds. The molecule has 0 unspecified atom stereocenters. The quantitative estimate of drug-likeness (QED) is 0.774. The average molecular weight is 223 g/mol. The fourth-order valence-electron chi connectivity index (χ4n) is 0.952. The summed E-state index contributed by atoms with van der Waals surface area (Å²) in [5.41, 5.74) is -0.602. The molecule has 0 saturated carbocycles. The fraction of sp³-hybridized carbons (Fsp3) is 0.250. The van der Waals surface area contributed by atoms with Crippen molar-refractivity contribution in [2.75, 3.05) is 5.32 Å². The van der Waals surface area contributed by atoms with Gasteiger partial charge < -0.3 is 10.4 Å². The lowest BCUT2D eigenvalue weighted by Gasteiger charge is -2.21. The first-order valence-electron chi connectivity index (χ1n) is 4.79. The molecule has 0 radical (unpaired) electrons. The number of aliphatic hydroxyl groups excluding tert-OH is 1. The standard InChI is InChI=1S/C12H14FNO2/c1-8(15)12(2,3)11(16)14-10-6-4-9(13)5-7-10/h4-7,15H,1H2,2-3H3,(H,14,16). The molecule has 0 saturated heterocycles. The van der Waals surface area contributed by atoms with E-state index in [1.54, 1.807) is 13.8 Å². The first-order valence-corrected chi connectivity index (χ1v) is 4.79. The van der Waals surface area contributed by atoms with E-state index >= 15 is 0 Å². The average Bonchev–Trinajstić information content (AvgIpc) is 2.21. The van der Waals surface area contributed by atoms with E-state index in [2.05, 4.69) is 11.9 Å². The molecule has 1 rings (SSSR count). The van der Waals surface area contributed by atoms with Crippen LogP contribution in [-0.4, -0.2) is 11.0 Å². The Morgan fingerprint density at radius 3 is 2.31 bits per heavy atom. The monoisotopic (exact) mass is 223 g/mol. The maximum Gasteiger partial charge on any atom is 0.237 e. The van der Waals surface area contributed by atoms with Crippen LogP contribution in [0.4, 0.5) is 10.1 Å². The van der Waals surface area contributed by atoms with Crippen LogP contribution >= 0.6 is 0 Å². The predicted molar refractivity (Wildman–Crippen MR) is 60.6 cm³/mol. The van der Waals surface area contributed by atoms with E-state index in [0.29, 0.717) is 5.69 Å². The number of halogens is 1. The van der Waals surface area contributed by atoms with Crippen molar-refractivity contribution in [3.8, 4) is 0 Å². The van der Waals surface area contributed by atoms with Gasteiger partial charge in [0, 0.05) is 5.69 Å². The Morgan fingerprint density at radius 1 is 1.38 bits per heavy atom. The molecule has 0 aliphatic rings. The van der Waals surface area contributed by atoms with Gasteiger partial charge >= 0.3 is 0 Å². The zero-order chi connectivity index (χ0) is 12.3. The first-order chi connectivity index (χ1) is 7.34. The third-order valence-electron chi connectivity index (χ3n) is 2.39. The zero-order valence-electron chi connectivity index (χ0n) is 9.25. The number of amides is 1. The van der Waals surface area contributed by atoms with Gasteiger partial charge in [-0.05, 0) is 38.1 Å². The Hall–Kier alpha value is -1.84. The molecule has 0 spiro atoms. The van der Waals surface area contributed by atoms with E-state index in [9.17, 15) is 14.3 Å². The van der Waals surface area contributed by atoms with E-state index in [4.69, 9.17) is 0 Å². The van der Waals surface area contributed by atoms with Gasteiger partial charge in [-0.3, -0.25) is 4.79 Å². The number of nitrogens with one attached hydrogen (secondary N) is 1. The summed E-state index contributed by atoms with van der Waals surface area (Å²) >= 11 is 0. The summed E-state index contributed by atoms with van der Waals surface area (Å²) < 4.78 is 12.6. The zero-order valence-corrected chi connectivity index (χ0v) is 9.25. The van der Waals surface area contributed by atoms with Crippen LogP contribution in [0, 0.1) is 11.2 Å². The fourth-order valence-corrected chi connectivity index (χ4v) is 0.952. The second-order valence-corrected chi connectivity index (χ2v) is 4.03. The van der Waals surface area contributed by atoms with E-state index in [1.807, 2.05) is 0 Å². The van der Waals surface area contributed by atoms with Gasteiger partial charge in [0.05, 0.1) is 0 Å². The number of anilines is 1. The van der Waals surface area contributed by atoms with Crippen molar-refractivity contribution in [1.82, 2.24) is 0 Å². The van der Waals surface area contributed by atoms with Crippen molar-refractivity contribution in [3.63, 3.8) is 0 Å². The number of aliphatic hydroxyl groups is 1. The number of hydrogen-bond acceptors (Lipinski definition) is 2. The Morgan fingerprint density at radius 2 is 1.88 bits per heavy atom. The Kier molecular flexibility index (Phi) is 3.32. The molecular weight excluding hydrogens is 209 g/mol. The number of hydrogen-bond donors (Lipinski definition) is 2. The molecule has 0 aliphatic heterocycles. The molecule has 0 heterocycles. The normalized spacial score (nSPS) is 10.9. The summed E-state index contributed by atoms with van der Waals surface area (Å²) in [5.74, 6) is -0.984. The van der Waals surface area contributed by atoms with Crippen molar-refractivity contribution < 1.29 is 14.3 Å². The molecule has 0 atom stereocenters. The van der Waals surface area contributed by atoms with Crippen molar-refractivity contribution >= 4 is 11.6 Å². The largest absolute Gasteiger partial charge is 0.512 e. The van der Waals surface area contributed by atoms with Gasteiger partial charge in [0.2, 0.25) is 5.91 Å². The van der Waals surface area contributed by atoms with Gasteiger partial charge in [-0.2, -0.15) is 0 Å². The smallest absolute Gasteiger partial charge is 0.237 e. The SMILES string of the molecule is C=C(O)C(C)(C)C(=O)Nc1ccc(F)cc1. The second kappa shape index (κ2) is 4.35. The van der Waals surface area contributed by atoms with Crippen LogP contribution in [-0.2, 0) is 4.79 Å². The maximum atomic E-state index is 12.6. The number of carbonyl (C=O) groups excluding carboxylic acids is 1. The Labute approximate surface area is 93.6 Å². The van der Waals surface area contributed by atoms with Crippen molar-refractivity contribution in [2.24, 2.45) is 5.41 Å². The molecule has 1 aromatic carbocycles. The topological polar surface area (TPSA) is 49.3 Å².